The Balaban J connectivity index is 0.00000324. The molecule has 3 rings (SSSR count). The van der Waals surface area contributed by atoms with Crippen LogP contribution in [0, 0.1) is 0 Å². The fraction of sp³-hybridized carbons (Fsp3) is 0.481. The zero-order valence-corrected chi connectivity index (χ0v) is 22.7. The van der Waals surface area contributed by atoms with E-state index in [1.54, 1.807) is 0 Å². The minimum Gasteiger partial charge on any atom is -0.465 e. The number of halogens is 2. The first-order valence-electron chi connectivity index (χ1n) is 12.3. The van der Waals surface area contributed by atoms with Gasteiger partial charge in [-0.05, 0) is 62.4 Å². The van der Waals surface area contributed by atoms with E-state index in [1.165, 1.54) is 0 Å². The highest BCUT2D eigenvalue weighted by Gasteiger charge is 2.25. The van der Waals surface area contributed by atoms with E-state index in [4.69, 9.17) is 5.73 Å². The van der Waals surface area contributed by atoms with Crippen LogP contribution >= 0.6 is 24.8 Å². The van der Waals surface area contributed by atoms with Crippen molar-refractivity contribution in [3.8, 4) is 11.1 Å². The molecule has 1 aliphatic rings. The second-order valence-corrected chi connectivity index (χ2v) is 9.10. The number of piperidine rings is 1. The number of carbonyl (C=O) groups excluding carboxylic acids is 1. The van der Waals surface area contributed by atoms with Gasteiger partial charge in [0, 0.05) is 32.1 Å². The third-order valence-electron chi connectivity index (χ3n) is 6.71. The van der Waals surface area contributed by atoms with E-state index < -0.39 is 6.09 Å². The summed E-state index contributed by atoms with van der Waals surface area (Å²) in [5.41, 5.74) is 9.19. The number of para-hydroxylation sites is 1. The summed E-state index contributed by atoms with van der Waals surface area (Å²) in [6.45, 7) is 4.15. The zero-order valence-electron chi connectivity index (χ0n) is 21.0. The van der Waals surface area contributed by atoms with Crippen LogP contribution in [0.4, 0.5) is 10.5 Å². The Morgan fingerprint density at radius 3 is 2.36 bits per heavy atom. The number of amides is 2. The number of rotatable bonds is 11. The van der Waals surface area contributed by atoms with Gasteiger partial charge in [0.1, 0.15) is 0 Å². The fourth-order valence-corrected chi connectivity index (χ4v) is 4.69. The number of anilines is 1. The topological polar surface area (TPSA) is 98.9 Å². The minimum absolute atomic E-state index is 0. The van der Waals surface area contributed by atoms with Crippen molar-refractivity contribution in [1.29, 1.82) is 0 Å². The van der Waals surface area contributed by atoms with Crippen LogP contribution in [0.2, 0.25) is 0 Å². The van der Waals surface area contributed by atoms with Gasteiger partial charge in [0.25, 0.3) is 0 Å². The number of carboxylic acid groups (broad SMARTS) is 1. The molecule has 4 N–H and O–H groups in total. The molecule has 0 atom stereocenters. The van der Waals surface area contributed by atoms with Gasteiger partial charge in [-0.1, -0.05) is 55.0 Å². The van der Waals surface area contributed by atoms with Gasteiger partial charge in [0.2, 0.25) is 5.91 Å². The number of benzene rings is 2. The first-order chi connectivity index (χ1) is 16.5. The molecule has 2 aromatic rings. The highest BCUT2D eigenvalue weighted by atomic mass is 35.5. The molecule has 0 spiro atoms. The van der Waals surface area contributed by atoms with E-state index in [0.717, 1.165) is 75.0 Å². The molecule has 1 aliphatic heterocycles. The maximum atomic E-state index is 12.3. The Hall–Kier alpha value is -2.32. The third-order valence-corrected chi connectivity index (χ3v) is 6.71. The quantitative estimate of drug-likeness (QED) is 0.330. The molecule has 0 unspecified atom stereocenters. The predicted molar refractivity (Wildman–Crippen MR) is 152 cm³/mol. The number of hydrogen-bond donors (Lipinski definition) is 3. The van der Waals surface area contributed by atoms with Gasteiger partial charge in [-0.15, -0.1) is 24.8 Å². The van der Waals surface area contributed by atoms with E-state index in [2.05, 4.69) is 16.3 Å². The number of nitrogens with zero attached hydrogens (tertiary/aromatic N) is 2. The summed E-state index contributed by atoms with van der Waals surface area (Å²) >= 11 is 0. The molecule has 2 amide bonds. The number of likely N-dealkylation sites (N-methyl/N-ethyl adjacent to an activating group) is 1. The lowest BCUT2D eigenvalue weighted by Crippen LogP contribution is -2.40. The highest BCUT2D eigenvalue weighted by Crippen LogP contribution is 2.38. The Morgan fingerprint density at radius 1 is 1.03 bits per heavy atom. The standard InChI is InChI=1S/C27H38N4O3.2ClH/c1-30(25(32)13-6-3-7-16-28)19-20-31-17-14-22(15-18-31)24-12-8-11-23(26(24)29-27(33)34)21-9-4-2-5-10-21;;/h2,4-5,8-12,22,29H,3,6-7,13-20,28H2,1H3,(H,33,34);2*1H. The molecule has 0 bridgehead atoms. The molecular weight excluding hydrogens is 499 g/mol. The second kappa shape index (κ2) is 16.4. The fourth-order valence-electron chi connectivity index (χ4n) is 4.69. The van der Waals surface area contributed by atoms with Crippen LogP contribution in [0.25, 0.3) is 11.1 Å². The van der Waals surface area contributed by atoms with Crippen molar-refractivity contribution in [2.24, 2.45) is 5.73 Å². The van der Waals surface area contributed by atoms with Crippen molar-refractivity contribution in [2.75, 3.05) is 45.1 Å². The summed E-state index contributed by atoms with van der Waals surface area (Å²) < 4.78 is 0. The van der Waals surface area contributed by atoms with Crippen LogP contribution in [0.1, 0.15) is 50.0 Å². The van der Waals surface area contributed by atoms with Crippen molar-refractivity contribution in [2.45, 2.75) is 44.4 Å². The van der Waals surface area contributed by atoms with Crippen LogP contribution in [-0.4, -0.2) is 66.7 Å². The van der Waals surface area contributed by atoms with E-state index in [-0.39, 0.29) is 30.7 Å². The summed E-state index contributed by atoms with van der Waals surface area (Å²) in [4.78, 5) is 28.1. The molecule has 0 aromatic heterocycles. The van der Waals surface area contributed by atoms with Crippen molar-refractivity contribution >= 4 is 42.5 Å². The van der Waals surface area contributed by atoms with Gasteiger partial charge in [-0.25, -0.2) is 4.79 Å². The van der Waals surface area contributed by atoms with E-state index in [0.29, 0.717) is 24.6 Å². The predicted octanol–water partition coefficient (Wildman–Crippen LogP) is 5.44. The van der Waals surface area contributed by atoms with Gasteiger partial charge in [0.05, 0.1) is 5.69 Å². The van der Waals surface area contributed by atoms with E-state index >= 15 is 0 Å². The van der Waals surface area contributed by atoms with Crippen LogP contribution < -0.4 is 11.1 Å². The van der Waals surface area contributed by atoms with Gasteiger partial charge < -0.3 is 20.6 Å². The number of nitrogens with two attached hydrogens (primary N) is 1. The van der Waals surface area contributed by atoms with Crippen molar-refractivity contribution in [3.63, 3.8) is 0 Å². The average molecular weight is 540 g/mol. The highest BCUT2D eigenvalue weighted by molar-refractivity contribution is 5.92. The molecule has 0 radical (unpaired) electrons. The second-order valence-electron chi connectivity index (χ2n) is 9.10. The zero-order chi connectivity index (χ0) is 24.3. The van der Waals surface area contributed by atoms with Crippen molar-refractivity contribution < 1.29 is 14.7 Å². The van der Waals surface area contributed by atoms with E-state index in [1.807, 2.05) is 54.4 Å². The first-order valence-corrected chi connectivity index (χ1v) is 12.3. The molecule has 200 valence electrons. The third kappa shape index (κ3) is 9.28. The summed E-state index contributed by atoms with van der Waals surface area (Å²) in [5, 5.41) is 12.2. The van der Waals surface area contributed by atoms with E-state index in [9.17, 15) is 14.7 Å². The van der Waals surface area contributed by atoms with Gasteiger partial charge >= 0.3 is 6.09 Å². The molecule has 1 saturated heterocycles. The summed E-state index contributed by atoms with van der Waals surface area (Å²) in [5.74, 6) is 0.498. The lowest BCUT2D eigenvalue weighted by Gasteiger charge is -2.34. The van der Waals surface area contributed by atoms with Crippen LogP contribution in [-0.2, 0) is 4.79 Å². The number of nitrogens with one attached hydrogen (secondary N) is 1. The van der Waals surface area contributed by atoms with Gasteiger partial charge in [0.15, 0.2) is 0 Å². The molecule has 1 heterocycles. The molecule has 1 fully saturated rings. The maximum Gasteiger partial charge on any atom is 0.409 e. The number of likely N-dealkylation sites (tertiary alicyclic amines) is 1. The molecule has 0 saturated carbocycles. The lowest BCUT2D eigenvalue weighted by atomic mass is 9.86. The average Bonchev–Trinajstić information content (AvgIpc) is 2.85. The van der Waals surface area contributed by atoms with Crippen LogP contribution in [0.5, 0.6) is 0 Å². The molecule has 7 nitrogen and oxygen atoms in total. The monoisotopic (exact) mass is 538 g/mol. The maximum absolute atomic E-state index is 12.3. The van der Waals surface area contributed by atoms with Crippen molar-refractivity contribution in [1.82, 2.24) is 9.80 Å². The number of hydrogen-bond acceptors (Lipinski definition) is 4. The lowest BCUT2D eigenvalue weighted by molar-refractivity contribution is -0.130. The van der Waals surface area contributed by atoms with Crippen LogP contribution in [0.3, 0.4) is 0 Å². The molecule has 2 aromatic carbocycles. The molecule has 36 heavy (non-hydrogen) atoms. The van der Waals surface area contributed by atoms with Crippen molar-refractivity contribution in [3.05, 3.63) is 54.1 Å². The smallest absolute Gasteiger partial charge is 0.409 e. The summed E-state index contributed by atoms with van der Waals surface area (Å²) in [6.07, 6.45) is 4.36. The Labute approximate surface area is 227 Å². The summed E-state index contributed by atoms with van der Waals surface area (Å²) in [7, 11) is 1.89. The Kier molecular flexibility index (Phi) is 14.5. The van der Waals surface area contributed by atoms with Gasteiger partial charge in [-0.3, -0.25) is 10.1 Å². The number of unbranched alkanes of at least 4 members (excludes halogenated alkanes) is 2. The largest absolute Gasteiger partial charge is 0.465 e. The molecule has 9 heteroatoms. The Morgan fingerprint density at radius 2 is 1.72 bits per heavy atom. The van der Waals surface area contributed by atoms with Gasteiger partial charge in [-0.2, -0.15) is 0 Å². The Bertz CT molecular complexity index is 938. The normalized spacial score (nSPS) is 13.8. The molecule has 0 aliphatic carbocycles. The minimum atomic E-state index is -1.04. The number of carbonyl (C=O) groups is 2. The SMILES string of the molecule is CN(CCN1CCC(c2cccc(-c3ccccc3)c2NC(=O)O)CC1)C(=O)CCCCCN.Cl.Cl. The first kappa shape index (κ1) is 31.7. The molecular formula is C27H40Cl2N4O3. The summed E-state index contributed by atoms with van der Waals surface area (Å²) in [6, 6.07) is 15.9. The van der Waals surface area contributed by atoms with Crippen LogP contribution in [0.15, 0.2) is 48.5 Å².